The van der Waals surface area contributed by atoms with Crippen molar-refractivity contribution in [3.8, 4) is 0 Å². The molecule has 0 radical (unpaired) electrons. The average Bonchev–Trinajstić information content (AvgIpc) is 2.91. The first kappa shape index (κ1) is 14.0. The number of carbonyl (C=O) groups is 1. The van der Waals surface area contributed by atoms with Crippen LogP contribution in [-0.4, -0.2) is 33.8 Å². The third kappa shape index (κ3) is 3.05. The number of hydrogen-bond donors (Lipinski definition) is 2. The van der Waals surface area contributed by atoms with Crippen molar-refractivity contribution in [1.82, 2.24) is 15.2 Å². The average molecular weight is 288 g/mol. The summed E-state index contributed by atoms with van der Waals surface area (Å²) in [5, 5.41) is 10.8. The van der Waals surface area contributed by atoms with E-state index >= 15 is 0 Å². The summed E-state index contributed by atoms with van der Waals surface area (Å²) in [6.07, 6.45) is 7.26. The summed E-state index contributed by atoms with van der Waals surface area (Å²) in [7, 11) is 0. The van der Waals surface area contributed by atoms with E-state index in [1.165, 1.54) is 0 Å². The molecule has 1 amide bonds. The monoisotopic (exact) mass is 288 g/mol. The maximum Gasteiger partial charge on any atom is 0.228 e. The Labute approximate surface area is 123 Å². The molecule has 0 bridgehead atoms. The Morgan fingerprint density at radius 2 is 2.48 bits per heavy atom. The normalized spacial score (nSPS) is 22.3. The standard InChI is InChI=1S/C15H20N4O2/c1-2-3-11-8-10(5-7-21-11)15(20)17-14-12-4-6-16-9-13(12)18-19-14/h4,6,9-11H,2-3,5,7-8H2,1H3,(H2,17,18,19,20). The van der Waals surface area contributed by atoms with Gasteiger partial charge in [0.25, 0.3) is 0 Å². The predicted molar refractivity (Wildman–Crippen MR) is 79.9 cm³/mol. The number of carbonyl (C=O) groups excluding carboxylic acids is 1. The predicted octanol–water partition coefficient (Wildman–Crippen LogP) is 2.49. The SMILES string of the molecule is CCCC1CC(C(=O)Nc2n[nH]c3cnccc23)CCO1. The largest absolute Gasteiger partial charge is 0.378 e. The van der Waals surface area contributed by atoms with Crippen molar-refractivity contribution in [2.24, 2.45) is 5.92 Å². The van der Waals surface area contributed by atoms with Crippen LogP contribution in [0.1, 0.15) is 32.6 Å². The second-order valence-electron chi connectivity index (χ2n) is 5.49. The molecule has 112 valence electrons. The van der Waals surface area contributed by atoms with Crippen molar-refractivity contribution in [3.63, 3.8) is 0 Å². The van der Waals surface area contributed by atoms with Gasteiger partial charge in [-0.15, -0.1) is 0 Å². The first-order valence-electron chi connectivity index (χ1n) is 7.48. The van der Waals surface area contributed by atoms with Gasteiger partial charge in [-0.25, -0.2) is 0 Å². The van der Waals surface area contributed by atoms with Crippen LogP contribution < -0.4 is 5.32 Å². The summed E-state index contributed by atoms with van der Waals surface area (Å²) in [5.41, 5.74) is 0.823. The van der Waals surface area contributed by atoms with Crippen molar-refractivity contribution in [2.75, 3.05) is 11.9 Å². The number of H-pyrrole nitrogens is 1. The summed E-state index contributed by atoms with van der Waals surface area (Å²) in [5.74, 6) is 0.615. The van der Waals surface area contributed by atoms with Gasteiger partial charge in [0.15, 0.2) is 5.82 Å². The van der Waals surface area contributed by atoms with Gasteiger partial charge in [-0.3, -0.25) is 14.9 Å². The van der Waals surface area contributed by atoms with Gasteiger partial charge in [-0.2, -0.15) is 5.10 Å². The molecule has 21 heavy (non-hydrogen) atoms. The lowest BCUT2D eigenvalue weighted by atomic mass is 9.93. The molecule has 1 aliphatic heterocycles. The van der Waals surface area contributed by atoms with Crippen molar-refractivity contribution in [2.45, 2.75) is 38.7 Å². The number of fused-ring (bicyclic) bond motifs is 1. The molecule has 1 saturated heterocycles. The maximum absolute atomic E-state index is 12.4. The topological polar surface area (TPSA) is 79.9 Å². The molecule has 2 unspecified atom stereocenters. The fourth-order valence-electron chi connectivity index (χ4n) is 2.82. The van der Waals surface area contributed by atoms with Gasteiger partial charge in [0.1, 0.15) is 0 Å². The van der Waals surface area contributed by atoms with Gasteiger partial charge >= 0.3 is 0 Å². The van der Waals surface area contributed by atoms with E-state index in [1.54, 1.807) is 12.4 Å². The molecule has 0 saturated carbocycles. The number of nitrogens with zero attached hydrogens (tertiary/aromatic N) is 2. The van der Waals surface area contributed by atoms with E-state index < -0.39 is 0 Å². The smallest absolute Gasteiger partial charge is 0.228 e. The van der Waals surface area contributed by atoms with Crippen molar-refractivity contribution < 1.29 is 9.53 Å². The highest BCUT2D eigenvalue weighted by molar-refractivity contribution is 6.00. The number of aromatic amines is 1. The second-order valence-corrected chi connectivity index (χ2v) is 5.49. The Morgan fingerprint density at radius 3 is 3.33 bits per heavy atom. The van der Waals surface area contributed by atoms with E-state index in [-0.39, 0.29) is 17.9 Å². The Kier molecular flexibility index (Phi) is 4.15. The first-order chi connectivity index (χ1) is 10.3. The van der Waals surface area contributed by atoms with Crippen molar-refractivity contribution >= 4 is 22.6 Å². The van der Waals surface area contributed by atoms with Gasteiger partial charge in [0.05, 0.1) is 17.8 Å². The van der Waals surface area contributed by atoms with Crippen LogP contribution in [-0.2, 0) is 9.53 Å². The third-order valence-electron chi connectivity index (χ3n) is 3.95. The Hall–Kier alpha value is -1.95. The van der Waals surface area contributed by atoms with Crippen LogP contribution in [0.3, 0.4) is 0 Å². The van der Waals surface area contributed by atoms with Gasteiger partial charge in [0, 0.05) is 24.1 Å². The molecular formula is C15H20N4O2. The molecule has 2 N–H and O–H groups in total. The van der Waals surface area contributed by atoms with Gasteiger partial charge in [0.2, 0.25) is 5.91 Å². The molecule has 2 aromatic heterocycles. The van der Waals surface area contributed by atoms with E-state index in [0.717, 1.165) is 36.6 Å². The number of nitrogens with one attached hydrogen (secondary N) is 2. The second kappa shape index (κ2) is 6.22. The van der Waals surface area contributed by atoms with E-state index in [0.29, 0.717) is 12.4 Å². The molecule has 0 spiro atoms. The van der Waals surface area contributed by atoms with Crippen LogP contribution in [0.5, 0.6) is 0 Å². The Balaban J connectivity index is 1.68. The maximum atomic E-state index is 12.4. The Morgan fingerprint density at radius 1 is 1.57 bits per heavy atom. The minimum atomic E-state index is 0.00360. The molecular weight excluding hydrogens is 268 g/mol. The Bertz CT molecular complexity index is 623. The van der Waals surface area contributed by atoms with Crippen molar-refractivity contribution in [1.29, 1.82) is 0 Å². The van der Waals surface area contributed by atoms with E-state index in [2.05, 4.69) is 27.4 Å². The molecule has 6 heteroatoms. The lowest BCUT2D eigenvalue weighted by Crippen LogP contribution is -2.33. The van der Waals surface area contributed by atoms with Gasteiger partial charge in [-0.05, 0) is 25.3 Å². The zero-order valence-corrected chi connectivity index (χ0v) is 12.1. The van der Waals surface area contributed by atoms with E-state index in [1.807, 2.05) is 6.07 Å². The zero-order chi connectivity index (χ0) is 14.7. The van der Waals surface area contributed by atoms with Crippen LogP contribution >= 0.6 is 0 Å². The zero-order valence-electron chi connectivity index (χ0n) is 12.1. The number of hydrogen-bond acceptors (Lipinski definition) is 4. The number of anilines is 1. The molecule has 3 rings (SSSR count). The van der Waals surface area contributed by atoms with Gasteiger partial charge < -0.3 is 10.1 Å². The highest BCUT2D eigenvalue weighted by Gasteiger charge is 2.28. The molecule has 6 nitrogen and oxygen atoms in total. The lowest BCUT2D eigenvalue weighted by molar-refractivity contribution is -0.125. The highest BCUT2D eigenvalue weighted by Crippen LogP contribution is 2.25. The molecule has 1 fully saturated rings. The molecule has 2 atom stereocenters. The quantitative estimate of drug-likeness (QED) is 0.905. The summed E-state index contributed by atoms with van der Waals surface area (Å²) in [6.45, 7) is 2.80. The van der Waals surface area contributed by atoms with Crippen LogP contribution in [0.4, 0.5) is 5.82 Å². The van der Waals surface area contributed by atoms with Crippen LogP contribution in [0, 0.1) is 5.92 Å². The van der Waals surface area contributed by atoms with Crippen LogP contribution in [0.25, 0.3) is 10.9 Å². The molecule has 0 aromatic carbocycles. The highest BCUT2D eigenvalue weighted by atomic mass is 16.5. The van der Waals surface area contributed by atoms with Gasteiger partial charge in [-0.1, -0.05) is 13.3 Å². The lowest BCUT2D eigenvalue weighted by Gasteiger charge is -2.28. The number of pyridine rings is 1. The summed E-state index contributed by atoms with van der Waals surface area (Å²) >= 11 is 0. The van der Waals surface area contributed by atoms with E-state index in [9.17, 15) is 4.79 Å². The van der Waals surface area contributed by atoms with Crippen LogP contribution in [0.15, 0.2) is 18.5 Å². The number of ether oxygens (including phenoxy) is 1. The molecule has 0 aliphatic carbocycles. The fourth-order valence-corrected chi connectivity index (χ4v) is 2.82. The number of amides is 1. The van der Waals surface area contributed by atoms with Crippen molar-refractivity contribution in [3.05, 3.63) is 18.5 Å². The number of aromatic nitrogens is 3. The molecule has 2 aromatic rings. The minimum Gasteiger partial charge on any atom is -0.378 e. The fraction of sp³-hybridized carbons (Fsp3) is 0.533. The summed E-state index contributed by atoms with van der Waals surface area (Å²) in [4.78, 5) is 16.4. The van der Waals surface area contributed by atoms with E-state index in [4.69, 9.17) is 4.74 Å². The summed E-state index contributed by atoms with van der Waals surface area (Å²) < 4.78 is 5.69. The third-order valence-corrected chi connectivity index (χ3v) is 3.95. The van der Waals surface area contributed by atoms with Crippen LogP contribution in [0.2, 0.25) is 0 Å². The molecule has 3 heterocycles. The first-order valence-corrected chi connectivity index (χ1v) is 7.48. The number of rotatable bonds is 4. The summed E-state index contributed by atoms with van der Waals surface area (Å²) in [6, 6.07) is 1.85. The molecule has 1 aliphatic rings. The minimum absolute atomic E-state index is 0.00360.